The van der Waals surface area contributed by atoms with Crippen molar-refractivity contribution in [2.45, 2.75) is 19.4 Å². The van der Waals surface area contributed by atoms with Crippen molar-refractivity contribution in [3.8, 4) is 0 Å². The van der Waals surface area contributed by atoms with E-state index in [9.17, 15) is 10.1 Å². The lowest BCUT2D eigenvalue weighted by Gasteiger charge is -2.14. The van der Waals surface area contributed by atoms with E-state index in [1.54, 1.807) is 6.07 Å². The number of nitrogens with one attached hydrogen (secondary N) is 1. The zero-order valence-corrected chi connectivity index (χ0v) is 12.0. The Balaban J connectivity index is 1.99. The van der Waals surface area contributed by atoms with Gasteiger partial charge in [-0.25, -0.2) is 0 Å². The SMILES string of the molecule is Cc1cccc([N+](=O)[O-])c1NCCC(N)c1ccccc1. The molecule has 3 N–H and O–H groups in total. The average molecular weight is 285 g/mol. The summed E-state index contributed by atoms with van der Waals surface area (Å²) in [5.41, 5.74) is 8.72. The highest BCUT2D eigenvalue weighted by molar-refractivity contribution is 5.65. The minimum absolute atomic E-state index is 0.0817. The predicted molar refractivity (Wildman–Crippen MR) is 84.3 cm³/mol. The second-order valence-electron chi connectivity index (χ2n) is 4.96. The smallest absolute Gasteiger partial charge is 0.292 e. The van der Waals surface area contributed by atoms with Gasteiger partial charge >= 0.3 is 0 Å². The molecule has 110 valence electrons. The molecule has 0 aromatic heterocycles. The van der Waals surface area contributed by atoms with Crippen LogP contribution in [0.5, 0.6) is 0 Å². The van der Waals surface area contributed by atoms with E-state index in [0.717, 1.165) is 11.1 Å². The second kappa shape index (κ2) is 6.85. The van der Waals surface area contributed by atoms with Crippen LogP contribution < -0.4 is 11.1 Å². The molecule has 0 aliphatic rings. The first-order valence-corrected chi connectivity index (χ1v) is 6.88. The van der Waals surface area contributed by atoms with Crippen molar-refractivity contribution in [2.24, 2.45) is 5.73 Å². The molecule has 1 unspecified atom stereocenters. The molecule has 2 aromatic rings. The Kier molecular flexibility index (Phi) is 4.90. The molecule has 0 saturated carbocycles. The summed E-state index contributed by atoms with van der Waals surface area (Å²) in [6.07, 6.45) is 0.704. The maximum Gasteiger partial charge on any atom is 0.292 e. The van der Waals surface area contributed by atoms with Gasteiger partial charge in [0.15, 0.2) is 0 Å². The molecule has 2 rings (SSSR count). The number of nitro groups is 1. The monoisotopic (exact) mass is 285 g/mol. The topological polar surface area (TPSA) is 81.2 Å². The predicted octanol–water partition coefficient (Wildman–Crippen LogP) is 3.41. The van der Waals surface area contributed by atoms with E-state index in [-0.39, 0.29) is 16.7 Å². The Morgan fingerprint density at radius 1 is 1.19 bits per heavy atom. The van der Waals surface area contributed by atoms with E-state index >= 15 is 0 Å². The first kappa shape index (κ1) is 15.0. The van der Waals surface area contributed by atoms with Crippen LogP contribution in [-0.4, -0.2) is 11.5 Å². The molecule has 0 amide bonds. The van der Waals surface area contributed by atoms with E-state index in [0.29, 0.717) is 18.7 Å². The van der Waals surface area contributed by atoms with Crippen LogP contribution in [0.25, 0.3) is 0 Å². The van der Waals surface area contributed by atoms with Crippen LogP contribution in [0, 0.1) is 17.0 Å². The van der Waals surface area contributed by atoms with Crippen LogP contribution in [0.4, 0.5) is 11.4 Å². The summed E-state index contributed by atoms with van der Waals surface area (Å²) in [5.74, 6) is 0. The third-order valence-electron chi connectivity index (χ3n) is 3.43. The molecule has 0 saturated heterocycles. The zero-order chi connectivity index (χ0) is 15.2. The van der Waals surface area contributed by atoms with Crippen LogP contribution in [0.1, 0.15) is 23.6 Å². The molecule has 0 heterocycles. The number of aryl methyl sites for hydroxylation is 1. The molecule has 0 fully saturated rings. The Bertz CT molecular complexity index is 614. The molecule has 0 aliphatic carbocycles. The molecule has 1 atom stereocenters. The van der Waals surface area contributed by atoms with Gasteiger partial charge < -0.3 is 11.1 Å². The van der Waals surface area contributed by atoms with Gasteiger partial charge in [0.1, 0.15) is 5.69 Å². The summed E-state index contributed by atoms with van der Waals surface area (Å²) in [4.78, 5) is 10.7. The number of hydrogen-bond acceptors (Lipinski definition) is 4. The Morgan fingerprint density at radius 3 is 2.57 bits per heavy atom. The molecule has 21 heavy (non-hydrogen) atoms. The highest BCUT2D eigenvalue weighted by atomic mass is 16.6. The molecular formula is C16H19N3O2. The first-order valence-electron chi connectivity index (χ1n) is 6.88. The maximum atomic E-state index is 11.0. The summed E-state index contributed by atoms with van der Waals surface area (Å²) in [7, 11) is 0. The number of hydrogen-bond donors (Lipinski definition) is 2. The van der Waals surface area contributed by atoms with Crippen molar-refractivity contribution in [3.05, 3.63) is 69.8 Å². The van der Waals surface area contributed by atoms with Crippen molar-refractivity contribution in [1.29, 1.82) is 0 Å². The summed E-state index contributed by atoms with van der Waals surface area (Å²) in [5, 5.41) is 14.2. The lowest BCUT2D eigenvalue weighted by atomic mass is 10.0. The van der Waals surface area contributed by atoms with Gasteiger partial charge in [-0.15, -0.1) is 0 Å². The fourth-order valence-electron chi connectivity index (χ4n) is 2.25. The fraction of sp³-hybridized carbons (Fsp3) is 0.250. The van der Waals surface area contributed by atoms with Gasteiger partial charge in [-0.2, -0.15) is 0 Å². The highest BCUT2D eigenvalue weighted by Gasteiger charge is 2.15. The third kappa shape index (κ3) is 3.79. The maximum absolute atomic E-state index is 11.0. The Labute approximate surface area is 123 Å². The molecule has 0 radical (unpaired) electrons. The molecule has 2 aromatic carbocycles. The summed E-state index contributed by atoms with van der Waals surface area (Å²) in [6.45, 7) is 2.44. The second-order valence-corrected chi connectivity index (χ2v) is 4.96. The minimum atomic E-state index is -0.369. The average Bonchev–Trinajstić information content (AvgIpc) is 2.49. The molecule has 5 nitrogen and oxygen atoms in total. The number of rotatable bonds is 6. The number of nitrogens with two attached hydrogens (primary N) is 1. The zero-order valence-electron chi connectivity index (χ0n) is 12.0. The van der Waals surface area contributed by atoms with Crippen molar-refractivity contribution < 1.29 is 4.92 Å². The number of nitrogens with zero attached hydrogens (tertiary/aromatic N) is 1. The van der Waals surface area contributed by atoms with Gasteiger partial charge in [0, 0.05) is 18.7 Å². The summed E-state index contributed by atoms with van der Waals surface area (Å²) >= 11 is 0. The van der Waals surface area contributed by atoms with Crippen LogP contribution in [-0.2, 0) is 0 Å². The fourth-order valence-corrected chi connectivity index (χ4v) is 2.25. The van der Waals surface area contributed by atoms with Crippen molar-refractivity contribution in [3.63, 3.8) is 0 Å². The summed E-state index contributed by atoms with van der Waals surface area (Å²) in [6, 6.07) is 14.8. The van der Waals surface area contributed by atoms with Crippen LogP contribution in [0.15, 0.2) is 48.5 Å². The quantitative estimate of drug-likeness (QED) is 0.629. The number of benzene rings is 2. The van der Waals surface area contributed by atoms with E-state index in [4.69, 9.17) is 5.73 Å². The van der Waals surface area contributed by atoms with Crippen molar-refractivity contribution >= 4 is 11.4 Å². The van der Waals surface area contributed by atoms with Gasteiger partial charge in [0.05, 0.1) is 4.92 Å². The van der Waals surface area contributed by atoms with Gasteiger partial charge in [-0.1, -0.05) is 42.5 Å². The summed E-state index contributed by atoms with van der Waals surface area (Å²) < 4.78 is 0. The van der Waals surface area contributed by atoms with E-state index in [1.165, 1.54) is 6.07 Å². The molecule has 0 bridgehead atoms. The van der Waals surface area contributed by atoms with E-state index in [1.807, 2.05) is 43.3 Å². The van der Waals surface area contributed by atoms with Gasteiger partial charge in [0.2, 0.25) is 0 Å². The lowest BCUT2D eigenvalue weighted by molar-refractivity contribution is -0.384. The van der Waals surface area contributed by atoms with Crippen LogP contribution >= 0.6 is 0 Å². The largest absolute Gasteiger partial charge is 0.379 e. The minimum Gasteiger partial charge on any atom is -0.379 e. The van der Waals surface area contributed by atoms with Crippen molar-refractivity contribution in [2.75, 3.05) is 11.9 Å². The normalized spacial score (nSPS) is 11.9. The van der Waals surface area contributed by atoms with Crippen molar-refractivity contribution in [1.82, 2.24) is 0 Å². The van der Waals surface area contributed by atoms with E-state index < -0.39 is 0 Å². The molecule has 0 spiro atoms. The van der Waals surface area contributed by atoms with Gasteiger partial charge in [-0.05, 0) is 24.5 Å². The van der Waals surface area contributed by atoms with Gasteiger partial charge in [-0.3, -0.25) is 10.1 Å². The lowest BCUT2D eigenvalue weighted by Crippen LogP contribution is -2.16. The Morgan fingerprint density at radius 2 is 1.90 bits per heavy atom. The number of nitro benzene ring substituents is 1. The van der Waals surface area contributed by atoms with Crippen LogP contribution in [0.3, 0.4) is 0 Å². The Hall–Kier alpha value is -2.40. The molecule has 5 heteroatoms. The molecule has 0 aliphatic heterocycles. The van der Waals surface area contributed by atoms with E-state index in [2.05, 4.69) is 5.32 Å². The molecular weight excluding hydrogens is 266 g/mol. The number of anilines is 1. The standard InChI is InChI=1S/C16H19N3O2/c1-12-6-5-9-15(19(20)21)16(12)18-11-10-14(17)13-7-3-2-4-8-13/h2-9,14,18H,10-11,17H2,1H3. The highest BCUT2D eigenvalue weighted by Crippen LogP contribution is 2.27. The van der Waals surface area contributed by atoms with Crippen LogP contribution in [0.2, 0.25) is 0 Å². The third-order valence-corrected chi connectivity index (χ3v) is 3.43. The number of para-hydroxylation sites is 1. The van der Waals surface area contributed by atoms with Gasteiger partial charge in [0.25, 0.3) is 5.69 Å². The first-order chi connectivity index (χ1) is 10.1.